The van der Waals surface area contributed by atoms with Crippen molar-refractivity contribution in [3.8, 4) is 5.75 Å². The largest absolute Gasteiger partial charge is 0.492 e. The summed E-state index contributed by atoms with van der Waals surface area (Å²) in [6.45, 7) is 3.86. The lowest BCUT2D eigenvalue weighted by atomic mass is 10.3. The van der Waals surface area contributed by atoms with E-state index in [9.17, 15) is 4.79 Å². The quantitative estimate of drug-likeness (QED) is 0.428. The van der Waals surface area contributed by atoms with E-state index in [1.807, 2.05) is 63.5 Å². The van der Waals surface area contributed by atoms with Crippen molar-refractivity contribution in [3.05, 3.63) is 47.5 Å². The van der Waals surface area contributed by atoms with Gasteiger partial charge < -0.3 is 9.64 Å². The Kier molecular flexibility index (Phi) is 7.77. The molecule has 0 unspecified atom stereocenters. The van der Waals surface area contributed by atoms with Crippen LogP contribution in [0.3, 0.4) is 0 Å². The van der Waals surface area contributed by atoms with Crippen molar-refractivity contribution >= 4 is 56.0 Å². The zero-order chi connectivity index (χ0) is 20.8. The molecule has 2 aromatic carbocycles. The van der Waals surface area contributed by atoms with E-state index in [1.54, 1.807) is 4.90 Å². The molecule has 154 valence electrons. The van der Waals surface area contributed by atoms with Crippen LogP contribution in [-0.4, -0.2) is 55.3 Å². The van der Waals surface area contributed by atoms with Crippen molar-refractivity contribution in [1.29, 1.82) is 0 Å². The van der Waals surface area contributed by atoms with Crippen LogP contribution in [0.4, 0.5) is 5.13 Å². The summed E-state index contributed by atoms with van der Waals surface area (Å²) in [6.07, 6.45) is 0. The second kappa shape index (κ2) is 10.3. The van der Waals surface area contributed by atoms with Gasteiger partial charge in [0.1, 0.15) is 11.3 Å². The number of hydrogen-bond acceptors (Lipinski definition) is 6. The molecule has 1 aromatic heterocycles. The summed E-state index contributed by atoms with van der Waals surface area (Å²) in [4.78, 5) is 22.7. The van der Waals surface area contributed by atoms with Gasteiger partial charge in [0, 0.05) is 23.0 Å². The zero-order valence-electron chi connectivity index (χ0n) is 16.7. The lowest BCUT2D eigenvalue weighted by molar-refractivity contribution is -0.116. The number of anilines is 1. The number of carbonyl (C=O) groups is 1. The fraction of sp³-hybridized carbons (Fsp3) is 0.333. The Hall–Kier alpha value is -1.80. The van der Waals surface area contributed by atoms with Crippen LogP contribution in [0.5, 0.6) is 5.75 Å². The summed E-state index contributed by atoms with van der Waals surface area (Å²) in [5.41, 5.74) is 0.808. The van der Waals surface area contributed by atoms with Gasteiger partial charge in [-0.3, -0.25) is 9.69 Å². The van der Waals surface area contributed by atoms with E-state index in [2.05, 4.69) is 4.90 Å². The van der Waals surface area contributed by atoms with Gasteiger partial charge in [0.2, 0.25) is 5.91 Å². The molecule has 3 rings (SSSR count). The van der Waals surface area contributed by atoms with Gasteiger partial charge in [0.15, 0.2) is 5.13 Å². The van der Waals surface area contributed by atoms with Gasteiger partial charge in [-0.05, 0) is 57.4 Å². The van der Waals surface area contributed by atoms with Crippen LogP contribution in [0.15, 0.2) is 47.4 Å². The highest BCUT2D eigenvalue weighted by Crippen LogP contribution is 2.34. The van der Waals surface area contributed by atoms with E-state index in [4.69, 9.17) is 21.3 Å². The first-order chi connectivity index (χ1) is 14.0. The topological polar surface area (TPSA) is 45.7 Å². The average molecular weight is 450 g/mol. The minimum Gasteiger partial charge on any atom is -0.492 e. The van der Waals surface area contributed by atoms with Crippen molar-refractivity contribution in [2.45, 2.75) is 11.8 Å². The lowest BCUT2D eigenvalue weighted by Crippen LogP contribution is -2.37. The van der Waals surface area contributed by atoms with Gasteiger partial charge >= 0.3 is 0 Å². The van der Waals surface area contributed by atoms with Gasteiger partial charge in [-0.2, -0.15) is 0 Å². The highest BCUT2D eigenvalue weighted by atomic mass is 35.5. The molecule has 0 radical (unpaired) electrons. The molecule has 1 amide bonds. The van der Waals surface area contributed by atoms with Gasteiger partial charge in [-0.15, -0.1) is 11.8 Å². The minimum absolute atomic E-state index is 0.0313. The number of halogens is 1. The zero-order valence-corrected chi connectivity index (χ0v) is 19.1. The summed E-state index contributed by atoms with van der Waals surface area (Å²) >= 11 is 8.96. The number of aromatic nitrogens is 1. The van der Waals surface area contributed by atoms with Crippen molar-refractivity contribution < 1.29 is 9.53 Å². The third-order valence-electron chi connectivity index (χ3n) is 4.15. The van der Waals surface area contributed by atoms with Gasteiger partial charge in [0.25, 0.3) is 0 Å². The Morgan fingerprint density at radius 1 is 1.17 bits per heavy atom. The number of ether oxygens (including phenoxy) is 1. The Morgan fingerprint density at radius 3 is 2.62 bits per heavy atom. The minimum atomic E-state index is 0.0313. The van der Waals surface area contributed by atoms with Crippen molar-refractivity contribution in [3.63, 3.8) is 0 Å². The fourth-order valence-corrected chi connectivity index (χ4v) is 4.61. The number of para-hydroxylation sites is 1. The van der Waals surface area contributed by atoms with Crippen LogP contribution in [0.25, 0.3) is 10.2 Å². The lowest BCUT2D eigenvalue weighted by Gasteiger charge is -2.21. The smallest absolute Gasteiger partial charge is 0.239 e. The average Bonchev–Trinajstić information content (AvgIpc) is 3.12. The SMILES string of the molecule is CCOc1cccc2sc(N(CCN(C)C)C(=O)CSc3ccc(Cl)cc3)nc12. The summed E-state index contributed by atoms with van der Waals surface area (Å²) < 4.78 is 6.72. The van der Waals surface area contributed by atoms with Crippen molar-refractivity contribution in [1.82, 2.24) is 9.88 Å². The molecular formula is C21H24ClN3O2S2. The molecule has 0 saturated heterocycles. The van der Waals surface area contributed by atoms with E-state index in [0.717, 1.165) is 27.4 Å². The molecule has 0 saturated carbocycles. The number of likely N-dealkylation sites (N-methyl/N-ethyl adjacent to an activating group) is 1. The highest BCUT2D eigenvalue weighted by molar-refractivity contribution is 8.00. The standard InChI is InChI=1S/C21H24ClN3O2S2/c1-4-27-17-6-5-7-18-20(17)23-21(29-18)25(13-12-24(2)3)19(26)14-28-16-10-8-15(22)9-11-16/h5-11H,4,12-14H2,1-3H3. The molecule has 0 aliphatic carbocycles. The molecule has 29 heavy (non-hydrogen) atoms. The number of benzene rings is 2. The Labute approximate surface area is 184 Å². The molecule has 0 N–H and O–H groups in total. The van der Waals surface area contributed by atoms with Gasteiger partial charge in [0.05, 0.1) is 17.1 Å². The number of hydrogen-bond donors (Lipinski definition) is 0. The molecule has 0 fully saturated rings. The molecule has 5 nitrogen and oxygen atoms in total. The highest BCUT2D eigenvalue weighted by Gasteiger charge is 2.21. The maximum absolute atomic E-state index is 13.1. The third kappa shape index (κ3) is 5.85. The second-order valence-electron chi connectivity index (χ2n) is 6.62. The third-order valence-corrected chi connectivity index (χ3v) is 6.44. The molecular weight excluding hydrogens is 426 g/mol. The molecule has 0 spiro atoms. The number of carbonyl (C=O) groups excluding carboxylic acids is 1. The van der Waals surface area contributed by atoms with Gasteiger partial charge in [-0.25, -0.2) is 4.98 Å². The van der Waals surface area contributed by atoms with Crippen molar-refractivity contribution in [2.24, 2.45) is 0 Å². The van der Waals surface area contributed by atoms with E-state index in [0.29, 0.717) is 29.1 Å². The summed E-state index contributed by atoms with van der Waals surface area (Å²) in [6, 6.07) is 13.4. The first-order valence-electron chi connectivity index (χ1n) is 9.33. The molecule has 0 aliphatic rings. The maximum Gasteiger partial charge on any atom is 0.239 e. The monoisotopic (exact) mass is 449 g/mol. The number of amides is 1. The first-order valence-corrected chi connectivity index (χ1v) is 11.5. The second-order valence-corrected chi connectivity index (χ2v) is 9.12. The molecule has 0 bridgehead atoms. The molecule has 8 heteroatoms. The molecule has 0 aliphatic heterocycles. The summed E-state index contributed by atoms with van der Waals surface area (Å²) in [5.74, 6) is 1.12. The van der Waals surface area contributed by atoms with Crippen molar-refractivity contribution in [2.75, 3.05) is 44.4 Å². The van der Waals surface area contributed by atoms with Gasteiger partial charge in [-0.1, -0.05) is 29.0 Å². The van der Waals surface area contributed by atoms with Crippen LogP contribution in [0.1, 0.15) is 6.92 Å². The normalized spacial score (nSPS) is 11.2. The predicted molar refractivity (Wildman–Crippen MR) is 124 cm³/mol. The Balaban J connectivity index is 1.82. The van der Waals surface area contributed by atoms with E-state index in [-0.39, 0.29) is 5.91 Å². The van der Waals surface area contributed by atoms with E-state index >= 15 is 0 Å². The number of thioether (sulfide) groups is 1. The maximum atomic E-state index is 13.1. The fourth-order valence-electron chi connectivity index (χ4n) is 2.68. The number of rotatable bonds is 9. The van der Waals surface area contributed by atoms with Crippen LogP contribution < -0.4 is 9.64 Å². The van der Waals surface area contributed by atoms with Crippen LogP contribution in [0, 0.1) is 0 Å². The first kappa shape index (κ1) is 21.9. The Bertz CT molecular complexity index is 960. The number of nitrogens with zero attached hydrogens (tertiary/aromatic N) is 3. The molecule has 1 heterocycles. The Morgan fingerprint density at radius 2 is 1.93 bits per heavy atom. The van der Waals surface area contributed by atoms with Crippen LogP contribution >= 0.6 is 34.7 Å². The van der Waals surface area contributed by atoms with Crippen LogP contribution in [0.2, 0.25) is 5.02 Å². The number of fused-ring (bicyclic) bond motifs is 1. The summed E-state index contributed by atoms with van der Waals surface area (Å²) in [7, 11) is 3.99. The number of thiazole rings is 1. The molecule has 0 atom stereocenters. The van der Waals surface area contributed by atoms with E-state index in [1.165, 1.54) is 23.1 Å². The summed E-state index contributed by atoms with van der Waals surface area (Å²) in [5, 5.41) is 1.39. The predicted octanol–water partition coefficient (Wildman–Crippen LogP) is 5.04. The van der Waals surface area contributed by atoms with Crippen LogP contribution in [-0.2, 0) is 4.79 Å². The molecule has 3 aromatic rings. The van der Waals surface area contributed by atoms with E-state index < -0.39 is 0 Å².